The molecule has 0 aromatic heterocycles. The third-order valence-corrected chi connectivity index (χ3v) is 4.63. The van der Waals surface area contributed by atoms with E-state index in [0.717, 1.165) is 55.6 Å². The molecule has 3 nitrogen and oxygen atoms in total. The lowest BCUT2D eigenvalue weighted by Gasteiger charge is -2.21. The monoisotopic (exact) mass is 265 g/mol. The van der Waals surface area contributed by atoms with Crippen LogP contribution in [0.25, 0.3) is 0 Å². The quantitative estimate of drug-likeness (QED) is 0.847. The van der Waals surface area contributed by atoms with Crippen LogP contribution < -0.4 is 15.2 Å². The van der Waals surface area contributed by atoms with Gasteiger partial charge in [0.25, 0.3) is 5.79 Å². The fourth-order valence-corrected chi connectivity index (χ4v) is 3.36. The van der Waals surface area contributed by atoms with Crippen LogP contribution in [0.15, 0.2) is 12.1 Å². The van der Waals surface area contributed by atoms with Gasteiger partial charge in [-0.3, -0.25) is 0 Å². The molecule has 4 heteroatoms. The maximum atomic E-state index is 6.31. The first-order valence-corrected chi connectivity index (χ1v) is 6.99. The van der Waals surface area contributed by atoms with Crippen molar-refractivity contribution in [3.8, 4) is 11.5 Å². The zero-order chi connectivity index (χ0) is 12.4. The van der Waals surface area contributed by atoms with Gasteiger partial charge in [-0.1, -0.05) is 11.6 Å². The number of ether oxygens (including phenoxy) is 2. The standard InChI is InChI=1S/C14H16ClNO2/c15-10-8-12-11(7-9(10)13(16)5-6-13)17-14(18-12)3-1-2-4-14/h7-8H,1-6,16H2. The predicted octanol–water partition coefficient (Wildman–Crippen LogP) is 3.33. The summed E-state index contributed by atoms with van der Waals surface area (Å²) in [6, 6.07) is 3.85. The Morgan fingerprint density at radius 3 is 2.22 bits per heavy atom. The van der Waals surface area contributed by atoms with Gasteiger partial charge in [-0.15, -0.1) is 0 Å². The van der Waals surface area contributed by atoms with Gasteiger partial charge in [0.1, 0.15) is 0 Å². The number of hydrogen-bond acceptors (Lipinski definition) is 3. The van der Waals surface area contributed by atoms with E-state index in [4.69, 9.17) is 26.8 Å². The zero-order valence-corrected chi connectivity index (χ0v) is 10.9. The van der Waals surface area contributed by atoms with Gasteiger partial charge in [0, 0.05) is 29.5 Å². The minimum atomic E-state index is -0.421. The Hall–Kier alpha value is -0.930. The highest BCUT2D eigenvalue weighted by Crippen LogP contribution is 2.52. The molecule has 0 atom stereocenters. The molecular formula is C14H16ClNO2. The maximum Gasteiger partial charge on any atom is 0.251 e. The van der Waals surface area contributed by atoms with Gasteiger partial charge in [0.2, 0.25) is 0 Å². The van der Waals surface area contributed by atoms with Crippen LogP contribution in [-0.2, 0) is 5.54 Å². The van der Waals surface area contributed by atoms with Crippen molar-refractivity contribution in [2.24, 2.45) is 5.73 Å². The summed E-state index contributed by atoms with van der Waals surface area (Å²) >= 11 is 6.31. The molecule has 2 aliphatic carbocycles. The van der Waals surface area contributed by atoms with E-state index in [1.807, 2.05) is 12.1 Å². The average Bonchev–Trinajstić information content (AvgIpc) is 2.80. The van der Waals surface area contributed by atoms with E-state index in [0.29, 0.717) is 5.02 Å². The largest absolute Gasteiger partial charge is 0.448 e. The third-order valence-electron chi connectivity index (χ3n) is 4.32. The van der Waals surface area contributed by atoms with Crippen LogP contribution in [-0.4, -0.2) is 5.79 Å². The lowest BCUT2D eigenvalue weighted by Crippen LogP contribution is -2.34. The van der Waals surface area contributed by atoms with Crippen LogP contribution in [0.3, 0.4) is 0 Å². The number of halogens is 1. The van der Waals surface area contributed by atoms with Crippen molar-refractivity contribution in [2.45, 2.75) is 49.9 Å². The summed E-state index contributed by atoms with van der Waals surface area (Å²) in [5.74, 6) is 1.17. The van der Waals surface area contributed by atoms with Crippen molar-refractivity contribution in [3.05, 3.63) is 22.7 Å². The molecule has 96 valence electrons. The van der Waals surface area contributed by atoms with Crippen LogP contribution in [0.5, 0.6) is 11.5 Å². The van der Waals surface area contributed by atoms with Gasteiger partial charge in [-0.25, -0.2) is 0 Å². The van der Waals surface area contributed by atoms with Crippen LogP contribution in [0.1, 0.15) is 44.1 Å². The smallest absolute Gasteiger partial charge is 0.251 e. The van der Waals surface area contributed by atoms with E-state index >= 15 is 0 Å². The number of rotatable bonds is 1. The first-order valence-electron chi connectivity index (χ1n) is 6.61. The zero-order valence-electron chi connectivity index (χ0n) is 10.2. The Morgan fingerprint density at radius 2 is 1.61 bits per heavy atom. The van der Waals surface area contributed by atoms with Gasteiger partial charge in [0.05, 0.1) is 0 Å². The summed E-state index contributed by atoms with van der Waals surface area (Å²) in [6.45, 7) is 0. The molecule has 2 saturated carbocycles. The molecule has 0 amide bonds. The summed E-state index contributed by atoms with van der Waals surface area (Å²) in [5, 5.41) is 0.701. The summed E-state index contributed by atoms with van der Waals surface area (Å²) in [5.41, 5.74) is 6.99. The van der Waals surface area contributed by atoms with Crippen molar-refractivity contribution in [1.82, 2.24) is 0 Å². The van der Waals surface area contributed by atoms with Gasteiger partial charge >= 0.3 is 0 Å². The van der Waals surface area contributed by atoms with Crippen molar-refractivity contribution < 1.29 is 9.47 Å². The van der Waals surface area contributed by atoms with E-state index in [2.05, 4.69) is 0 Å². The minimum Gasteiger partial charge on any atom is -0.448 e. The fourth-order valence-electron chi connectivity index (χ4n) is 3.02. The summed E-state index contributed by atoms with van der Waals surface area (Å²) in [6.07, 6.45) is 6.24. The SMILES string of the molecule is NC1(c2cc3c(cc2Cl)OC2(CCCC2)O3)CC1. The highest BCUT2D eigenvalue weighted by molar-refractivity contribution is 6.31. The molecule has 1 aromatic rings. The summed E-state index contributed by atoms with van der Waals surface area (Å²) < 4.78 is 12.0. The van der Waals surface area contributed by atoms with Crippen molar-refractivity contribution >= 4 is 11.6 Å². The van der Waals surface area contributed by atoms with Crippen molar-refractivity contribution in [1.29, 1.82) is 0 Å². The highest BCUT2D eigenvalue weighted by atomic mass is 35.5. The Morgan fingerprint density at radius 1 is 1.00 bits per heavy atom. The van der Waals surface area contributed by atoms with E-state index < -0.39 is 5.79 Å². The summed E-state index contributed by atoms with van der Waals surface area (Å²) in [7, 11) is 0. The molecule has 2 fully saturated rings. The van der Waals surface area contributed by atoms with Gasteiger partial charge in [0.15, 0.2) is 11.5 Å². The van der Waals surface area contributed by atoms with E-state index in [1.165, 1.54) is 0 Å². The number of fused-ring (bicyclic) bond motifs is 1. The Bertz CT molecular complexity index is 519. The number of nitrogens with two attached hydrogens (primary N) is 1. The molecule has 0 saturated heterocycles. The van der Waals surface area contributed by atoms with Crippen molar-refractivity contribution in [2.75, 3.05) is 0 Å². The second kappa shape index (κ2) is 3.34. The van der Waals surface area contributed by atoms with E-state index in [1.54, 1.807) is 0 Å². The lowest BCUT2D eigenvalue weighted by molar-refractivity contribution is -0.0716. The van der Waals surface area contributed by atoms with Crippen LogP contribution in [0.4, 0.5) is 0 Å². The predicted molar refractivity (Wildman–Crippen MR) is 69.0 cm³/mol. The van der Waals surface area contributed by atoms with Crippen molar-refractivity contribution in [3.63, 3.8) is 0 Å². The molecule has 18 heavy (non-hydrogen) atoms. The lowest BCUT2D eigenvalue weighted by atomic mass is 10.1. The highest BCUT2D eigenvalue weighted by Gasteiger charge is 2.47. The Kier molecular flexibility index (Phi) is 2.03. The molecule has 3 aliphatic rings. The molecule has 1 aliphatic heterocycles. The molecule has 1 aromatic carbocycles. The second-order valence-corrected chi connectivity index (χ2v) is 6.16. The number of hydrogen-bond donors (Lipinski definition) is 1. The molecule has 0 unspecified atom stereocenters. The van der Waals surface area contributed by atoms with Gasteiger partial charge in [-0.05, 0) is 37.3 Å². The molecule has 1 heterocycles. The van der Waals surface area contributed by atoms with Crippen LogP contribution in [0, 0.1) is 0 Å². The molecule has 4 rings (SSSR count). The maximum absolute atomic E-state index is 6.31. The van der Waals surface area contributed by atoms with Gasteiger partial charge < -0.3 is 15.2 Å². The fraction of sp³-hybridized carbons (Fsp3) is 0.571. The first-order chi connectivity index (χ1) is 8.60. The average molecular weight is 266 g/mol. The van der Waals surface area contributed by atoms with E-state index in [-0.39, 0.29) is 5.54 Å². The molecule has 1 spiro atoms. The first kappa shape index (κ1) is 10.9. The van der Waals surface area contributed by atoms with Crippen LogP contribution in [0.2, 0.25) is 5.02 Å². The number of benzene rings is 1. The molecular weight excluding hydrogens is 250 g/mol. The Labute approximate surface area is 111 Å². The topological polar surface area (TPSA) is 44.5 Å². The summed E-state index contributed by atoms with van der Waals surface area (Å²) in [4.78, 5) is 0. The molecule has 0 radical (unpaired) electrons. The van der Waals surface area contributed by atoms with E-state index in [9.17, 15) is 0 Å². The second-order valence-electron chi connectivity index (χ2n) is 5.76. The molecule has 0 bridgehead atoms. The Balaban J connectivity index is 1.74. The third kappa shape index (κ3) is 1.47. The minimum absolute atomic E-state index is 0.235. The van der Waals surface area contributed by atoms with Crippen LogP contribution >= 0.6 is 11.6 Å². The molecule has 2 N–H and O–H groups in total. The van der Waals surface area contributed by atoms with Gasteiger partial charge in [-0.2, -0.15) is 0 Å². The normalized spacial score (nSPS) is 25.7.